The summed E-state index contributed by atoms with van der Waals surface area (Å²) in [5, 5.41) is 0. The summed E-state index contributed by atoms with van der Waals surface area (Å²) in [7, 11) is -1.28. The lowest BCUT2D eigenvalue weighted by Crippen LogP contribution is -2.04. The van der Waals surface area contributed by atoms with Crippen LogP contribution in [0.15, 0.2) is 30.3 Å². The van der Waals surface area contributed by atoms with E-state index in [1.165, 1.54) is 0 Å². The van der Waals surface area contributed by atoms with Gasteiger partial charge in [0.15, 0.2) is 0 Å². The summed E-state index contributed by atoms with van der Waals surface area (Å²) < 4.78 is 5.03. The van der Waals surface area contributed by atoms with Crippen LogP contribution in [0.2, 0.25) is 0 Å². The molecular formula is C6H9N2OP. The summed E-state index contributed by atoms with van der Waals surface area (Å²) in [6.07, 6.45) is 0. The van der Waals surface area contributed by atoms with E-state index in [9.17, 15) is 0 Å². The summed E-state index contributed by atoms with van der Waals surface area (Å²) in [5.74, 6) is 0.721. The van der Waals surface area contributed by atoms with Gasteiger partial charge in [0.05, 0.1) is 0 Å². The van der Waals surface area contributed by atoms with Crippen LogP contribution < -0.4 is 15.5 Å². The van der Waals surface area contributed by atoms with Crippen LogP contribution in [0.5, 0.6) is 5.75 Å². The van der Waals surface area contributed by atoms with Crippen LogP contribution in [0.1, 0.15) is 0 Å². The Morgan fingerprint density at radius 2 is 1.70 bits per heavy atom. The number of hydrogen-bond acceptors (Lipinski definition) is 3. The molecule has 0 bridgehead atoms. The number of hydrogen-bond donors (Lipinski definition) is 2. The molecule has 0 saturated heterocycles. The van der Waals surface area contributed by atoms with Gasteiger partial charge in [0, 0.05) is 0 Å². The van der Waals surface area contributed by atoms with E-state index in [0.29, 0.717) is 0 Å². The Morgan fingerprint density at radius 1 is 1.10 bits per heavy atom. The average Bonchev–Trinajstić information content (AvgIpc) is 1.88. The molecule has 0 aromatic heterocycles. The zero-order chi connectivity index (χ0) is 7.40. The monoisotopic (exact) mass is 156 g/mol. The van der Waals surface area contributed by atoms with Gasteiger partial charge in [-0.2, -0.15) is 0 Å². The molecule has 0 unspecified atom stereocenters. The van der Waals surface area contributed by atoms with E-state index in [0.717, 1.165) is 5.75 Å². The first-order valence-corrected chi connectivity index (χ1v) is 4.21. The fourth-order valence-electron chi connectivity index (χ4n) is 0.603. The first-order valence-electron chi connectivity index (χ1n) is 2.81. The minimum absolute atomic E-state index is 0.721. The minimum atomic E-state index is -1.28. The SMILES string of the molecule is NP(N)Oc1ccccc1. The van der Waals surface area contributed by atoms with E-state index in [1.54, 1.807) is 0 Å². The quantitative estimate of drug-likeness (QED) is 0.632. The molecule has 0 atom stereocenters. The molecule has 0 amide bonds. The van der Waals surface area contributed by atoms with E-state index in [-0.39, 0.29) is 0 Å². The molecular weight excluding hydrogens is 147 g/mol. The van der Waals surface area contributed by atoms with E-state index < -0.39 is 8.45 Å². The van der Waals surface area contributed by atoms with E-state index in [4.69, 9.17) is 15.5 Å². The van der Waals surface area contributed by atoms with Crippen molar-refractivity contribution in [3.63, 3.8) is 0 Å². The van der Waals surface area contributed by atoms with Crippen LogP contribution in [0.25, 0.3) is 0 Å². The van der Waals surface area contributed by atoms with Gasteiger partial charge < -0.3 is 4.52 Å². The van der Waals surface area contributed by atoms with Crippen molar-refractivity contribution in [2.75, 3.05) is 0 Å². The first kappa shape index (κ1) is 7.48. The Hall–Kier alpha value is -0.630. The lowest BCUT2D eigenvalue weighted by molar-refractivity contribution is 0.615. The third kappa shape index (κ3) is 2.31. The maximum absolute atomic E-state index is 5.24. The summed E-state index contributed by atoms with van der Waals surface area (Å²) in [4.78, 5) is 0. The highest BCUT2D eigenvalue weighted by Gasteiger charge is 1.94. The van der Waals surface area contributed by atoms with Gasteiger partial charge in [-0.05, 0) is 12.1 Å². The molecule has 1 aromatic rings. The largest absolute Gasteiger partial charge is 0.445 e. The molecule has 3 nitrogen and oxygen atoms in total. The van der Waals surface area contributed by atoms with Crippen molar-refractivity contribution < 1.29 is 4.52 Å². The van der Waals surface area contributed by atoms with Gasteiger partial charge in [-0.1, -0.05) is 18.2 Å². The van der Waals surface area contributed by atoms with Crippen LogP contribution in [0.3, 0.4) is 0 Å². The predicted molar refractivity (Wildman–Crippen MR) is 42.4 cm³/mol. The van der Waals surface area contributed by atoms with Crippen LogP contribution in [-0.2, 0) is 0 Å². The van der Waals surface area contributed by atoms with Crippen LogP contribution in [-0.4, -0.2) is 0 Å². The smallest absolute Gasteiger partial charge is 0.236 e. The third-order valence-electron chi connectivity index (χ3n) is 0.954. The van der Waals surface area contributed by atoms with Crippen LogP contribution >= 0.6 is 8.45 Å². The second-order valence-electron chi connectivity index (χ2n) is 1.76. The minimum Gasteiger partial charge on any atom is -0.445 e. The van der Waals surface area contributed by atoms with Crippen molar-refractivity contribution in [1.82, 2.24) is 0 Å². The Bertz CT molecular complexity index is 190. The third-order valence-corrected chi connectivity index (χ3v) is 1.38. The first-order chi connectivity index (χ1) is 4.79. The lowest BCUT2D eigenvalue weighted by atomic mass is 10.3. The molecule has 4 heteroatoms. The molecule has 4 N–H and O–H groups in total. The zero-order valence-corrected chi connectivity index (χ0v) is 6.29. The second-order valence-corrected chi connectivity index (χ2v) is 2.67. The van der Waals surface area contributed by atoms with E-state index in [2.05, 4.69) is 0 Å². The fourth-order valence-corrected chi connectivity index (χ4v) is 0.968. The Morgan fingerprint density at radius 3 is 2.20 bits per heavy atom. The molecule has 0 aliphatic heterocycles. The summed E-state index contributed by atoms with van der Waals surface area (Å²) in [6, 6.07) is 9.27. The highest BCUT2D eigenvalue weighted by molar-refractivity contribution is 7.47. The standard InChI is InChI=1S/C6H9N2OP/c7-10(8)9-6-4-2-1-3-5-6/h1-5H,7-8H2. The molecule has 1 rings (SSSR count). The lowest BCUT2D eigenvalue weighted by Gasteiger charge is -2.06. The summed E-state index contributed by atoms with van der Waals surface area (Å²) in [6.45, 7) is 0. The highest BCUT2D eigenvalue weighted by Crippen LogP contribution is 2.21. The van der Waals surface area contributed by atoms with Crippen molar-refractivity contribution in [2.45, 2.75) is 0 Å². The van der Waals surface area contributed by atoms with Gasteiger partial charge in [0.1, 0.15) is 5.75 Å². The van der Waals surface area contributed by atoms with Gasteiger partial charge in [-0.15, -0.1) is 0 Å². The molecule has 10 heavy (non-hydrogen) atoms. The van der Waals surface area contributed by atoms with Gasteiger partial charge in [-0.25, -0.2) is 0 Å². The van der Waals surface area contributed by atoms with Crippen molar-refractivity contribution in [3.8, 4) is 5.75 Å². The number of benzene rings is 1. The molecule has 0 heterocycles. The van der Waals surface area contributed by atoms with Crippen LogP contribution in [0.4, 0.5) is 0 Å². The van der Waals surface area contributed by atoms with Crippen molar-refractivity contribution in [3.05, 3.63) is 30.3 Å². The van der Waals surface area contributed by atoms with Gasteiger partial charge in [-0.3, -0.25) is 11.0 Å². The maximum Gasteiger partial charge on any atom is 0.236 e. The summed E-state index contributed by atoms with van der Waals surface area (Å²) >= 11 is 0. The van der Waals surface area contributed by atoms with Gasteiger partial charge >= 0.3 is 0 Å². The number of nitrogens with two attached hydrogens (primary N) is 2. The van der Waals surface area contributed by atoms with Gasteiger partial charge in [0.25, 0.3) is 0 Å². The molecule has 0 aliphatic carbocycles. The molecule has 1 aromatic carbocycles. The highest BCUT2D eigenvalue weighted by atomic mass is 31.2. The Balaban J connectivity index is 2.59. The van der Waals surface area contributed by atoms with Crippen molar-refractivity contribution in [2.24, 2.45) is 11.0 Å². The molecule has 0 fully saturated rings. The number of rotatable bonds is 2. The van der Waals surface area contributed by atoms with E-state index >= 15 is 0 Å². The van der Waals surface area contributed by atoms with Crippen molar-refractivity contribution in [1.29, 1.82) is 0 Å². The molecule has 54 valence electrons. The Labute approximate surface area is 60.9 Å². The van der Waals surface area contributed by atoms with Gasteiger partial charge in [0.2, 0.25) is 8.45 Å². The number of para-hydroxylation sites is 1. The van der Waals surface area contributed by atoms with Crippen LogP contribution in [0, 0.1) is 0 Å². The van der Waals surface area contributed by atoms with Crippen molar-refractivity contribution >= 4 is 8.45 Å². The average molecular weight is 156 g/mol. The zero-order valence-electron chi connectivity index (χ0n) is 5.40. The fraction of sp³-hybridized carbons (Fsp3) is 0. The second kappa shape index (κ2) is 3.52. The van der Waals surface area contributed by atoms with E-state index in [1.807, 2.05) is 30.3 Å². The predicted octanol–water partition coefficient (Wildman–Crippen LogP) is 1.21. The Kier molecular flexibility index (Phi) is 2.63. The maximum atomic E-state index is 5.24. The molecule has 0 aliphatic rings. The summed E-state index contributed by atoms with van der Waals surface area (Å²) in [5.41, 5.74) is 10.5. The molecule has 0 radical (unpaired) electrons. The normalized spacial score (nSPS) is 9.90. The molecule has 0 spiro atoms. The molecule has 0 saturated carbocycles. The topological polar surface area (TPSA) is 61.3 Å².